The molecule has 0 unspecified atom stereocenters. The number of nitrogens with zero attached hydrogens (tertiary/aromatic N) is 2. The lowest BCUT2D eigenvalue weighted by molar-refractivity contribution is 0.415. The van der Waals surface area contributed by atoms with Crippen LogP contribution >= 0.6 is 22.7 Å². The van der Waals surface area contributed by atoms with Crippen molar-refractivity contribution in [3.05, 3.63) is 78.2 Å². The van der Waals surface area contributed by atoms with Crippen LogP contribution in [-0.4, -0.2) is 17.1 Å². The van der Waals surface area contributed by atoms with Crippen molar-refractivity contribution in [2.45, 2.75) is 0 Å². The van der Waals surface area contributed by atoms with Crippen molar-refractivity contribution in [3.63, 3.8) is 0 Å². The fraction of sp³-hybridized carbons (Fsp3) is 0.0435. The van der Waals surface area contributed by atoms with Crippen LogP contribution in [0.15, 0.2) is 78.2 Å². The summed E-state index contributed by atoms with van der Waals surface area (Å²) in [5, 5.41) is 7.39. The highest BCUT2D eigenvalue weighted by atomic mass is 32.1. The number of benzene rings is 3. The van der Waals surface area contributed by atoms with Crippen LogP contribution in [0.5, 0.6) is 5.75 Å². The fourth-order valence-corrected chi connectivity index (χ4v) is 4.80. The lowest BCUT2D eigenvalue weighted by Crippen LogP contribution is -1.89. The van der Waals surface area contributed by atoms with Crippen LogP contribution in [0.3, 0.4) is 0 Å². The van der Waals surface area contributed by atoms with Crippen molar-refractivity contribution in [2.24, 2.45) is 0 Å². The van der Waals surface area contributed by atoms with Gasteiger partial charge in [0.15, 0.2) is 5.13 Å². The molecule has 4 nitrogen and oxygen atoms in total. The maximum absolute atomic E-state index is 5.29. The minimum absolute atomic E-state index is 0.843. The Bertz CT molecular complexity index is 1260. The third-order valence-corrected chi connectivity index (χ3v) is 6.38. The molecule has 1 N–H and O–H groups in total. The molecule has 0 radical (unpaired) electrons. The van der Waals surface area contributed by atoms with Crippen molar-refractivity contribution in [3.8, 4) is 27.6 Å². The van der Waals surface area contributed by atoms with Crippen molar-refractivity contribution < 1.29 is 4.74 Å². The molecule has 0 aliphatic heterocycles. The topological polar surface area (TPSA) is 47.0 Å². The first-order chi connectivity index (χ1) is 14.3. The molecule has 5 aromatic rings. The van der Waals surface area contributed by atoms with Crippen LogP contribution in [0.4, 0.5) is 10.8 Å². The Kier molecular flexibility index (Phi) is 4.71. The molecule has 142 valence electrons. The zero-order valence-corrected chi connectivity index (χ0v) is 17.3. The number of rotatable bonds is 5. The summed E-state index contributed by atoms with van der Waals surface area (Å²) in [7, 11) is 1.67. The molecule has 0 bridgehead atoms. The smallest absolute Gasteiger partial charge is 0.188 e. The predicted molar refractivity (Wildman–Crippen MR) is 122 cm³/mol. The number of hydrogen-bond donors (Lipinski definition) is 1. The quantitative estimate of drug-likeness (QED) is 0.341. The van der Waals surface area contributed by atoms with Gasteiger partial charge in [0.05, 0.1) is 23.0 Å². The molecule has 6 heteroatoms. The molecule has 0 saturated carbocycles. The van der Waals surface area contributed by atoms with Gasteiger partial charge in [0.1, 0.15) is 10.8 Å². The number of nitrogens with one attached hydrogen (secondary N) is 1. The average Bonchev–Trinajstić information content (AvgIpc) is 3.41. The third-order valence-electron chi connectivity index (χ3n) is 4.55. The Morgan fingerprint density at radius 1 is 0.862 bits per heavy atom. The van der Waals surface area contributed by atoms with Gasteiger partial charge in [0, 0.05) is 22.2 Å². The maximum atomic E-state index is 5.29. The van der Waals surface area contributed by atoms with Gasteiger partial charge >= 0.3 is 0 Å². The number of methoxy groups -OCH3 is 1. The van der Waals surface area contributed by atoms with E-state index in [0.717, 1.165) is 48.6 Å². The van der Waals surface area contributed by atoms with E-state index in [4.69, 9.17) is 9.72 Å². The van der Waals surface area contributed by atoms with Gasteiger partial charge in [-0.3, -0.25) is 0 Å². The first-order valence-electron chi connectivity index (χ1n) is 9.11. The van der Waals surface area contributed by atoms with E-state index in [1.165, 1.54) is 0 Å². The first-order valence-corrected chi connectivity index (χ1v) is 10.8. The summed E-state index contributed by atoms with van der Waals surface area (Å²) in [5.41, 5.74) is 5.20. The zero-order chi connectivity index (χ0) is 19.6. The first kappa shape index (κ1) is 17.8. The number of aromatic nitrogens is 2. The van der Waals surface area contributed by atoms with Gasteiger partial charge in [-0.2, -0.15) is 0 Å². The predicted octanol–water partition coefficient (Wildman–Crippen LogP) is 6.84. The molecule has 0 aliphatic carbocycles. The van der Waals surface area contributed by atoms with E-state index in [9.17, 15) is 0 Å². The summed E-state index contributed by atoms with van der Waals surface area (Å²) >= 11 is 3.27. The van der Waals surface area contributed by atoms with E-state index in [1.54, 1.807) is 29.8 Å². The largest absolute Gasteiger partial charge is 0.497 e. The molecule has 29 heavy (non-hydrogen) atoms. The monoisotopic (exact) mass is 415 g/mol. The molecule has 0 fully saturated rings. The molecule has 0 aliphatic rings. The molecule has 2 heterocycles. The van der Waals surface area contributed by atoms with Gasteiger partial charge < -0.3 is 10.1 Å². The minimum atomic E-state index is 0.843. The van der Waals surface area contributed by atoms with E-state index in [2.05, 4.69) is 52.1 Å². The highest BCUT2D eigenvalue weighted by molar-refractivity contribution is 7.22. The number of ether oxygens (including phenoxy) is 1. The molecule has 5 rings (SSSR count). The third kappa shape index (κ3) is 3.72. The standard InChI is InChI=1S/C23H17N3OS2/c1-27-18-11-12-19-21(13-18)29-23(26-19)24-17-9-7-15(8-10-17)20-14-28-22(25-20)16-5-3-2-4-6-16/h2-14H,1H3,(H,24,26). The van der Waals surface area contributed by atoms with Crippen LogP contribution in [0, 0.1) is 0 Å². The summed E-state index contributed by atoms with van der Waals surface area (Å²) in [6.45, 7) is 0. The molecule has 0 saturated heterocycles. The summed E-state index contributed by atoms with van der Waals surface area (Å²) in [6, 6.07) is 24.5. The minimum Gasteiger partial charge on any atom is -0.497 e. The van der Waals surface area contributed by atoms with Crippen LogP contribution in [0.2, 0.25) is 0 Å². The molecule has 3 aromatic carbocycles. The van der Waals surface area contributed by atoms with Crippen molar-refractivity contribution in [2.75, 3.05) is 12.4 Å². The summed E-state index contributed by atoms with van der Waals surface area (Å²) in [4.78, 5) is 9.43. The lowest BCUT2D eigenvalue weighted by atomic mass is 10.1. The summed E-state index contributed by atoms with van der Waals surface area (Å²) in [6.07, 6.45) is 0. The lowest BCUT2D eigenvalue weighted by Gasteiger charge is -2.03. The van der Waals surface area contributed by atoms with E-state index >= 15 is 0 Å². The van der Waals surface area contributed by atoms with Gasteiger partial charge in [0.25, 0.3) is 0 Å². The Hall–Kier alpha value is -3.22. The van der Waals surface area contributed by atoms with E-state index < -0.39 is 0 Å². The Labute approximate surface area is 176 Å². The van der Waals surface area contributed by atoms with E-state index in [-0.39, 0.29) is 0 Å². The van der Waals surface area contributed by atoms with Crippen LogP contribution in [-0.2, 0) is 0 Å². The Morgan fingerprint density at radius 3 is 2.48 bits per heavy atom. The molecule has 0 spiro atoms. The molecular weight excluding hydrogens is 398 g/mol. The van der Waals surface area contributed by atoms with E-state index in [1.807, 2.05) is 36.4 Å². The number of fused-ring (bicyclic) bond motifs is 1. The second-order valence-electron chi connectivity index (χ2n) is 6.46. The number of hydrogen-bond acceptors (Lipinski definition) is 6. The number of thiazole rings is 2. The highest BCUT2D eigenvalue weighted by Gasteiger charge is 2.08. The SMILES string of the molecule is COc1ccc2nc(Nc3ccc(-c4csc(-c5ccccc5)n4)cc3)sc2c1. The van der Waals surface area contributed by atoms with Gasteiger partial charge in [-0.05, 0) is 30.3 Å². The normalized spacial score (nSPS) is 10.9. The summed E-state index contributed by atoms with van der Waals surface area (Å²) in [5.74, 6) is 0.843. The molecular formula is C23H17N3OS2. The van der Waals surface area contributed by atoms with Gasteiger partial charge in [-0.1, -0.05) is 53.8 Å². The van der Waals surface area contributed by atoms with Crippen LogP contribution in [0.25, 0.3) is 32.0 Å². The second kappa shape index (κ2) is 7.66. The highest BCUT2D eigenvalue weighted by Crippen LogP contribution is 2.32. The Morgan fingerprint density at radius 2 is 1.69 bits per heavy atom. The van der Waals surface area contributed by atoms with E-state index in [0.29, 0.717) is 0 Å². The van der Waals surface area contributed by atoms with Crippen molar-refractivity contribution >= 4 is 43.7 Å². The second-order valence-corrected chi connectivity index (χ2v) is 8.35. The maximum Gasteiger partial charge on any atom is 0.188 e. The molecule has 0 amide bonds. The van der Waals surface area contributed by atoms with Crippen molar-refractivity contribution in [1.29, 1.82) is 0 Å². The number of anilines is 2. The zero-order valence-electron chi connectivity index (χ0n) is 15.6. The van der Waals surface area contributed by atoms with Crippen LogP contribution < -0.4 is 10.1 Å². The Balaban J connectivity index is 1.35. The molecule has 0 atom stereocenters. The van der Waals surface area contributed by atoms with Gasteiger partial charge in [-0.25, -0.2) is 9.97 Å². The fourth-order valence-electron chi connectivity index (χ4n) is 3.05. The molecule has 2 aromatic heterocycles. The van der Waals surface area contributed by atoms with Gasteiger partial charge in [-0.15, -0.1) is 11.3 Å². The van der Waals surface area contributed by atoms with Gasteiger partial charge in [0.2, 0.25) is 0 Å². The summed E-state index contributed by atoms with van der Waals surface area (Å²) < 4.78 is 6.39. The average molecular weight is 416 g/mol. The van der Waals surface area contributed by atoms with Crippen molar-refractivity contribution in [1.82, 2.24) is 9.97 Å². The van der Waals surface area contributed by atoms with Crippen LogP contribution in [0.1, 0.15) is 0 Å².